The van der Waals surface area contributed by atoms with Crippen molar-refractivity contribution in [1.29, 1.82) is 0 Å². The fourth-order valence-electron chi connectivity index (χ4n) is 2.96. The molecule has 0 spiro atoms. The summed E-state index contributed by atoms with van der Waals surface area (Å²) in [5.41, 5.74) is 0.656. The van der Waals surface area contributed by atoms with E-state index in [2.05, 4.69) is 0 Å². The smallest absolute Gasteiger partial charge is 0.347 e. The molecule has 0 aliphatic carbocycles. The molecule has 23 heavy (non-hydrogen) atoms. The number of hydrogen-bond acceptors (Lipinski definition) is 4. The van der Waals surface area contributed by atoms with E-state index in [9.17, 15) is 23.2 Å². The lowest BCUT2D eigenvalue weighted by molar-refractivity contribution is -0.241. The number of alkyl halides is 3. The molecular weight excluding hydrogens is 309 g/mol. The summed E-state index contributed by atoms with van der Waals surface area (Å²) in [6.45, 7) is 0.150. The maximum atomic E-state index is 12.9. The second-order valence-electron chi connectivity index (χ2n) is 5.49. The average molecular weight is 324 g/mol. The zero-order valence-corrected chi connectivity index (χ0v) is 12.1. The Morgan fingerprint density at radius 3 is 2.57 bits per heavy atom. The number of allylic oxidation sites excluding steroid dienone is 2. The number of benzene rings is 1. The molecule has 2 aliphatic rings. The Bertz CT molecular complexity index is 655. The van der Waals surface area contributed by atoms with Gasteiger partial charge in [-0.1, -0.05) is 42.5 Å². The maximum absolute atomic E-state index is 12.9. The normalized spacial score (nSPS) is 25.3. The van der Waals surface area contributed by atoms with Crippen LogP contribution in [0.15, 0.2) is 54.3 Å². The molecular formula is C16H15F3N2O2. The number of fused-ring (bicyclic) bond motifs is 1. The van der Waals surface area contributed by atoms with Crippen LogP contribution in [0.2, 0.25) is 0 Å². The van der Waals surface area contributed by atoms with E-state index in [0.717, 1.165) is 0 Å². The molecule has 1 N–H and O–H groups in total. The largest absolute Gasteiger partial charge is 0.392 e. The van der Waals surface area contributed by atoms with Crippen LogP contribution < -0.4 is 0 Å². The molecule has 0 saturated carbocycles. The van der Waals surface area contributed by atoms with E-state index in [4.69, 9.17) is 0 Å². The quantitative estimate of drug-likeness (QED) is 0.908. The molecule has 0 radical (unpaired) electrons. The van der Waals surface area contributed by atoms with Crippen molar-refractivity contribution in [1.82, 2.24) is 9.96 Å². The highest BCUT2D eigenvalue weighted by atomic mass is 19.4. The van der Waals surface area contributed by atoms with Crippen LogP contribution in [0.3, 0.4) is 0 Å². The summed E-state index contributed by atoms with van der Waals surface area (Å²) in [6.07, 6.45) is -2.24. The second kappa shape index (κ2) is 5.82. The van der Waals surface area contributed by atoms with E-state index >= 15 is 0 Å². The Morgan fingerprint density at radius 1 is 1.22 bits per heavy atom. The van der Waals surface area contributed by atoms with Crippen LogP contribution >= 0.6 is 0 Å². The van der Waals surface area contributed by atoms with Crippen molar-refractivity contribution in [3.05, 3.63) is 59.8 Å². The fourth-order valence-corrected chi connectivity index (χ4v) is 2.96. The molecule has 0 bridgehead atoms. The number of ketones is 1. The molecule has 2 aliphatic heterocycles. The van der Waals surface area contributed by atoms with Gasteiger partial charge in [0, 0.05) is 6.54 Å². The monoisotopic (exact) mass is 324 g/mol. The third-order valence-electron chi connectivity index (χ3n) is 3.96. The Labute approximate surface area is 131 Å². The topological polar surface area (TPSA) is 43.8 Å². The van der Waals surface area contributed by atoms with Crippen LogP contribution in [0.5, 0.6) is 0 Å². The van der Waals surface area contributed by atoms with Gasteiger partial charge in [0.05, 0.1) is 12.1 Å². The first-order valence-corrected chi connectivity index (χ1v) is 7.15. The minimum Gasteiger partial charge on any atom is -0.347 e. The molecule has 1 fully saturated rings. The summed E-state index contributed by atoms with van der Waals surface area (Å²) < 4.78 is 38.7. The van der Waals surface area contributed by atoms with Crippen molar-refractivity contribution in [3.8, 4) is 0 Å². The van der Waals surface area contributed by atoms with Gasteiger partial charge in [0.15, 0.2) is 0 Å². The zero-order chi connectivity index (χ0) is 16.6. The summed E-state index contributed by atoms with van der Waals surface area (Å²) in [6, 6.07) is 7.18. The standard InChI is InChI=1S/C16H15F3N2O2/c17-16(18,19)10-13-20-9-5-4-8-12(20)15(22)14(21(13)23)11-6-2-1-3-7-11/h1-8,13-14,23H,9-10H2. The van der Waals surface area contributed by atoms with Gasteiger partial charge in [-0.15, -0.1) is 0 Å². The molecule has 3 rings (SSSR count). The molecule has 4 nitrogen and oxygen atoms in total. The molecule has 0 amide bonds. The van der Waals surface area contributed by atoms with Gasteiger partial charge in [-0.3, -0.25) is 4.79 Å². The van der Waals surface area contributed by atoms with Crippen molar-refractivity contribution < 1.29 is 23.2 Å². The van der Waals surface area contributed by atoms with Crippen LogP contribution in [0.25, 0.3) is 0 Å². The van der Waals surface area contributed by atoms with E-state index in [1.807, 2.05) is 0 Å². The number of hydrogen-bond donors (Lipinski definition) is 1. The van der Waals surface area contributed by atoms with Crippen LogP contribution in [0.1, 0.15) is 18.0 Å². The van der Waals surface area contributed by atoms with E-state index in [1.54, 1.807) is 42.5 Å². The van der Waals surface area contributed by atoms with Gasteiger partial charge in [0.2, 0.25) is 5.78 Å². The van der Waals surface area contributed by atoms with Gasteiger partial charge >= 0.3 is 6.18 Å². The molecule has 2 heterocycles. The Hall–Kier alpha value is -2.12. The fraction of sp³-hybridized carbons (Fsp3) is 0.312. The molecule has 1 aromatic carbocycles. The second-order valence-corrected chi connectivity index (χ2v) is 5.49. The number of carbonyl (C=O) groups excluding carboxylic acids is 1. The lowest BCUT2D eigenvalue weighted by Gasteiger charge is -2.47. The number of nitrogens with zero attached hydrogens (tertiary/aromatic N) is 2. The van der Waals surface area contributed by atoms with E-state index < -0.39 is 30.6 Å². The predicted octanol–water partition coefficient (Wildman–Crippen LogP) is 3.04. The van der Waals surface area contributed by atoms with Crippen molar-refractivity contribution in [3.63, 3.8) is 0 Å². The first-order chi connectivity index (χ1) is 10.9. The van der Waals surface area contributed by atoms with Gasteiger partial charge in [0.1, 0.15) is 12.2 Å². The number of rotatable bonds is 2. The van der Waals surface area contributed by atoms with Crippen molar-refractivity contribution >= 4 is 5.78 Å². The number of halogens is 3. The predicted molar refractivity (Wildman–Crippen MR) is 76.2 cm³/mol. The van der Waals surface area contributed by atoms with Crippen molar-refractivity contribution in [2.75, 3.05) is 6.54 Å². The Balaban J connectivity index is 2.02. The van der Waals surface area contributed by atoms with Crippen molar-refractivity contribution in [2.45, 2.75) is 24.8 Å². The highest BCUT2D eigenvalue weighted by Gasteiger charge is 2.48. The third-order valence-corrected chi connectivity index (χ3v) is 3.96. The van der Waals surface area contributed by atoms with Crippen LogP contribution in [0, 0.1) is 0 Å². The van der Waals surface area contributed by atoms with Gasteiger partial charge < -0.3 is 10.1 Å². The van der Waals surface area contributed by atoms with Crippen LogP contribution in [0.4, 0.5) is 13.2 Å². The summed E-state index contributed by atoms with van der Waals surface area (Å²) in [4.78, 5) is 13.9. The number of carbonyl (C=O) groups is 1. The Morgan fingerprint density at radius 2 is 1.91 bits per heavy atom. The molecule has 2 unspecified atom stereocenters. The SMILES string of the molecule is O=C1C2=CC=CCN2C(CC(F)(F)F)N(O)C1c1ccccc1. The average Bonchev–Trinajstić information content (AvgIpc) is 2.52. The highest BCUT2D eigenvalue weighted by molar-refractivity contribution is 6.00. The molecule has 1 saturated heterocycles. The lowest BCUT2D eigenvalue weighted by atomic mass is 9.94. The summed E-state index contributed by atoms with van der Waals surface area (Å²) in [5.74, 6) is -0.415. The van der Waals surface area contributed by atoms with Crippen molar-refractivity contribution in [2.24, 2.45) is 0 Å². The maximum Gasteiger partial charge on any atom is 0.392 e. The highest BCUT2D eigenvalue weighted by Crippen LogP contribution is 2.38. The van der Waals surface area contributed by atoms with Gasteiger partial charge in [-0.2, -0.15) is 18.2 Å². The Kier molecular flexibility index (Phi) is 3.99. The number of Topliss-reactive ketones (excluding diaryl/α,β-unsaturated/α-hetero) is 1. The van der Waals surface area contributed by atoms with E-state index in [0.29, 0.717) is 10.6 Å². The summed E-state index contributed by atoms with van der Waals surface area (Å²) >= 11 is 0. The molecule has 1 aromatic rings. The van der Waals surface area contributed by atoms with E-state index in [1.165, 1.54) is 11.0 Å². The van der Waals surface area contributed by atoms with Gasteiger partial charge in [-0.05, 0) is 11.6 Å². The van der Waals surface area contributed by atoms with Gasteiger partial charge in [0.25, 0.3) is 0 Å². The molecule has 7 heteroatoms. The van der Waals surface area contributed by atoms with Crippen LogP contribution in [-0.2, 0) is 4.79 Å². The summed E-state index contributed by atoms with van der Waals surface area (Å²) in [5, 5.41) is 10.9. The molecule has 122 valence electrons. The lowest BCUT2D eigenvalue weighted by Crippen LogP contribution is -2.58. The summed E-state index contributed by atoms with van der Waals surface area (Å²) in [7, 11) is 0. The third kappa shape index (κ3) is 3.02. The first-order valence-electron chi connectivity index (χ1n) is 7.15. The van der Waals surface area contributed by atoms with Gasteiger partial charge in [-0.25, -0.2) is 0 Å². The molecule has 0 aromatic heterocycles. The number of hydroxylamine groups is 2. The van der Waals surface area contributed by atoms with Crippen LogP contribution in [-0.4, -0.2) is 39.8 Å². The minimum atomic E-state index is -4.46. The van der Waals surface area contributed by atoms with E-state index in [-0.39, 0.29) is 12.2 Å². The first kappa shape index (κ1) is 15.8. The zero-order valence-electron chi connectivity index (χ0n) is 12.1. The molecule has 2 atom stereocenters. The minimum absolute atomic E-state index is 0.150.